The van der Waals surface area contributed by atoms with Gasteiger partial charge in [0.05, 0.1) is 5.56 Å². The Morgan fingerprint density at radius 1 is 1.33 bits per heavy atom. The van der Waals surface area contributed by atoms with E-state index in [0.717, 1.165) is 18.6 Å². The maximum atomic E-state index is 13.7. The SMILES string of the molecule is CC(C)(C)CCNC(=O)c1cc(/C=C/C(=O)O)ccc1F. The first kappa shape index (κ1) is 16.9. The number of nitrogens with one attached hydrogen (secondary N) is 1. The fourth-order valence-electron chi connectivity index (χ4n) is 1.63. The van der Waals surface area contributed by atoms with Crippen molar-refractivity contribution in [1.82, 2.24) is 5.32 Å². The van der Waals surface area contributed by atoms with Gasteiger partial charge in [-0.05, 0) is 35.6 Å². The molecule has 5 heteroatoms. The van der Waals surface area contributed by atoms with Crippen LogP contribution in [-0.2, 0) is 4.79 Å². The van der Waals surface area contributed by atoms with Gasteiger partial charge in [0.1, 0.15) is 5.82 Å². The highest BCUT2D eigenvalue weighted by Crippen LogP contribution is 2.17. The molecule has 1 rings (SSSR count). The number of aliphatic carboxylic acids is 1. The molecule has 0 radical (unpaired) electrons. The maximum absolute atomic E-state index is 13.7. The smallest absolute Gasteiger partial charge is 0.328 e. The largest absolute Gasteiger partial charge is 0.478 e. The molecule has 0 bridgehead atoms. The third-order valence-corrected chi connectivity index (χ3v) is 2.81. The average Bonchev–Trinajstić information content (AvgIpc) is 2.36. The van der Waals surface area contributed by atoms with Crippen LogP contribution in [0.3, 0.4) is 0 Å². The van der Waals surface area contributed by atoms with Gasteiger partial charge < -0.3 is 10.4 Å². The van der Waals surface area contributed by atoms with Gasteiger partial charge in [-0.1, -0.05) is 26.8 Å². The van der Waals surface area contributed by atoms with Crippen molar-refractivity contribution in [3.63, 3.8) is 0 Å². The molecule has 21 heavy (non-hydrogen) atoms. The molecule has 0 unspecified atom stereocenters. The Kier molecular flexibility index (Phi) is 5.64. The van der Waals surface area contributed by atoms with Crippen LogP contribution in [0.15, 0.2) is 24.3 Å². The first-order valence-corrected chi connectivity index (χ1v) is 6.68. The zero-order valence-corrected chi connectivity index (χ0v) is 12.4. The number of hydrogen-bond acceptors (Lipinski definition) is 2. The predicted molar refractivity (Wildman–Crippen MR) is 79.5 cm³/mol. The first-order chi connectivity index (χ1) is 9.69. The van der Waals surface area contributed by atoms with Gasteiger partial charge in [0.15, 0.2) is 0 Å². The summed E-state index contributed by atoms with van der Waals surface area (Å²) in [6, 6.07) is 3.90. The van der Waals surface area contributed by atoms with Crippen LogP contribution in [0.5, 0.6) is 0 Å². The molecule has 0 spiro atoms. The second-order valence-corrected chi connectivity index (χ2v) is 5.98. The summed E-state index contributed by atoms with van der Waals surface area (Å²) in [5.41, 5.74) is 0.453. The molecule has 1 aromatic rings. The highest BCUT2D eigenvalue weighted by molar-refractivity contribution is 5.95. The highest BCUT2D eigenvalue weighted by Gasteiger charge is 2.14. The second-order valence-electron chi connectivity index (χ2n) is 5.98. The molecule has 0 heterocycles. The van der Waals surface area contributed by atoms with Gasteiger partial charge in [0.2, 0.25) is 0 Å². The predicted octanol–water partition coefficient (Wildman–Crippen LogP) is 3.09. The van der Waals surface area contributed by atoms with Gasteiger partial charge in [0.25, 0.3) is 5.91 Å². The van der Waals surface area contributed by atoms with E-state index in [0.29, 0.717) is 12.1 Å². The van der Waals surface area contributed by atoms with Crippen molar-refractivity contribution >= 4 is 18.0 Å². The van der Waals surface area contributed by atoms with Crippen LogP contribution in [0.2, 0.25) is 0 Å². The lowest BCUT2D eigenvalue weighted by Gasteiger charge is -2.18. The first-order valence-electron chi connectivity index (χ1n) is 6.68. The van der Waals surface area contributed by atoms with E-state index < -0.39 is 17.7 Å². The number of carbonyl (C=O) groups is 2. The molecule has 0 aliphatic rings. The fourth-order valence-corrected chi connectivity index (χ4v) is 1.63. The molecular weight excluding hydrogens is 273 g/mol. The summed E-state index contributed by atoms with van der Waals surface area (Å²) >= 11 is 0. The Bertz CT molecular complexity index is 559. The molecule has 1 amide bonds. The molecule has 0 atom stereocenters. The van der Waals surface area contributed by atoms with Gasteiger partial charge in [0, 0.05) is 12.6 Å². The molecule has 0 saturated carbocycles. The van der Waals surface area contributed by atoms with Crippen LogP contribution >= 0.6 is 0 Å². The van der Waals surface area contributed by atoms with Gasteiger partial charge in [-0.2, -0.15) is 0 Å². The van der Waals surface area contributed by atoms with Crippen LogP contribution in [0.25, 0.3) is 6.08 Å². The highest BCUT2D eigenvalue weighted by atomic mass is 19.1. The Hall–Kier alpha value is -2.17. The third kappa shape index (κ3) is 6.21. The van der Waals surface area contributed by atoms with E-state index in [4.69, 9.17) is 5.11 Å². The van der Waals surface area contributed by atoms with E-state index in [2.05, 4.69) is 26.1 Å². The average molecular weight is 293 g/mol. The Balaban J connectivity index is 2.79. The second kappa shape index (κ2) is 7.02. The van der Waals surface area contributed by atoms with Crippen LogP contribution in [0.4, 0.5) is 4.39 Å². The lowest BCUT2D eigenvalue weighted by molar-refractivity contribution is -0.131. The van der Waals surface area contributed by atoms with Crippen molar-refractivity contribution in [3.8, 4) is 0 Å². The fraction of sp³-hybridized carbons (Fsp3) is 0.375. The van der Waals surface area contributed by atoms with Crippen molar-refractivity contribution in [1.29, 1.82) is 0 Å². The number of carbonyl (C=O) groups excluding carboxylic acids is 1. The van der Waals surface area contributed by atoms with Crippen LogP contribution in [0, 0.1) is 11.2 Å². The van der Waals surface area contributed by atoms with E-state index in [1.165, 1.54) is 18.2 Å². The molecule has 0 saturated heterocycles. The molecule has 4 nitrogen and oxygen atoms in total. The van der Waals surface area contributed by atoms with E-state index in [1.807, 2.05) is 0 Å². The minimum atomic E-state index is -1.10. The molecule has 0 fully saturated rings. The van der Waals surface area contributed by atoms with Crippen LogP contribution in [0.1, 0.15) is 43.1 Å². The molecular formula is C16H20FNO3. The van der Waals surface area contributed by atoms with E-state index in [9.17, 15) is 14.0 Å². The summed E-state index contributed by atoms with van der Waals surface area (Å²) in [5.74, 6) is -2.23. The van der Waals surface area contributed by atoms with E-state index >= 15 is 0 Å². The molecule has 2 N–H and O–H groups in total. The van der Waals surface area contributed by atoms with Gasteiger partial charge in [-0.15, -0.1) is 0 Å². The van der Waals surface area contributed by atoms with Gasteiger partial charge in [-0.25, -0.2) is 9.18 Å². The maximum Gasteiger partial charge on any atom is 0.328 e. The van der Waals surface area contributed by atoms with Crippen molar-refractivity contribution in [2.75, 3.05) is 6.54 Å². The van der Waals surface area contributed by atoms with Crippen LogP contribution < -0.4 is 5.32 Å². The van der Waals surface area contributed by atoms with Gasteiger partial charge in [-0.3, -0.25) is 4.79 Å². The molecule has 1 aromatic carbocycles. The van der Waals surface area contributed by atoms with Crippen molar-refractivity contribution in [2.24, 2.45) is 5.41 Å². The zero-order valence-electron chi connectivity index (χ0n) is 12.4. The Morgan fingerprint density at radius 2 is 2.00 bits per heavy atom. The minimum Gasteiger partial charge on any atom is -0.478 e. The quantitative estimate of drug-likeness (QED) is 0.820. The van der Waals surface area contributed by atoms with Gasteiger partial charge >= 0.3 is 5.97 Å². The van der Waals surface area contributed by atoms with Crippen molar-refractivity contribution in [2.45, 2.75) is 27.2 Å². The standard InChI is InChI=1S/C16H20FNO3/c1-16(2,3)8-9-18-15(21)12-10-11(4-6-13(12)17)5-7-14(19)20/h4-7,10H,8-9H2,1-3H3,(H,18,21)(H,19,20)/b7-5+. The van der Waals surface area contributed by atoms with E-state index in [1.54, 1.807) is 0 Å². The topological polar surface area (TPSA) is 66.4 Å². The number of rotatable bonds is 5. The monoisotopic (exact) mass is 293 g/mol. The third-order valence-electron chi connectivity index (χ3n) is 2.81. The molecule has 0 aliphatic heterocycles. The molecule has 0 aliphatic carbocycles. The van der Waals surface area contributed by atoms with E-state index in [-0.39, 0.29) is 11.0 Å². The summed E-state index contributed by atoms with van der Waals surface area (Å²) < 4.78 is 13.7. The number of halogens is 1. The Labute approximate surface area is 123 Å². The normalized spacial score (nSPS) is 11.6. The van der Waals surface area contributed by atoms with Crippen molar-refractivity contribution < 1.29 is 19.1 Å². The zero-order chi connectivity index (χ0) is 16.0. The number of benzene rings is 1. The summed E-state index contributed by atoms with van der Waals surface area (Å²) in [7, 11) is 0. The summed E-state index contributed by atoms with van der Waals surface area (Å²) in [5, 5.41) is 11.2. The number of carboxylic acids is 1. The number of hydrogen-bond donors (Lipinski definition) is 2. The summed E-state index contributed by atoms with van der Waals surface area (Å²) in [6.45, 7) is 6.61. The van der Waals surface area contributed by atoms with Crippen molar-refractivity contribution in [3.05, 3.63) is 41.2 Å². The summed E-state index contributed by atoms with van der Waals surface area (Å²) in [6.07, 6.45) is 3.03. The van der Waals surface area contributed by atoms with Crippen LogP contribution in [-0.4, -0.2) is 23.5 Å². The minimum absolute atomic E-state index is 0.0812. The number of carboxylic acid groups (broad SMARTS) is 1. The number of amides is 1. The lowest BCUT2D eigenvalue weighted by atomic mass is 9.92. The lowest BCUT2D eigenvalue weighted by Crippen LogP contribution is -2.28. The Morgan fingerprint density at radius 3 is 2.57 bits per heavy atom. The molecule has 0 aromatic heterocycles. The molecule has 114 valence electrons. The summed E-state index contributed by atoms with van der Waals surface area (Å²) in [4.78, 5) is 22.4.